The molecule has 178 valence electrons. The molecule has 5 nitrogen and oxygen atoms in total. The van der Waals surface area contributed by atoms with E-state index in [0.717, 1.165) is 29.1 Å². The molecule has 1 unspecified atom stereocenters. The van der Waals surface area contributed by atoms with E-state index in [1.807, 2.05) is 37.3 Å². The molecule has 0 aliphatic carbocycles. The fourth-order valence-electron chi connectivity index (χ4n) is 3.95. The molecule has 2 aromatic rings. The number of carboxylic acids is 1. The van der Waals surface area contributed by atoms with E-state index in [-0.39, 0.29) is 17.3 Å². The van der Waals surface area contributed by atoms with Gasteiger partial charge in [0.2, 0.25) is 0 Å². The van der Waals surface area contributed by atoms with Crippen LogP contribution in [-0.4, -0.2) is 51.6 Å². The predicted molar refractivity (Wildman–Crippen MR) is 124 cm³/mol. The average molecular weight is 478 g/mol. The standard InChI is InChI=1S/C25H29F2NO4S/c1-17(9-10-18-6-3-2-4-7-18)21(29)13-11-19-16-25(26,27)24(32)28(19)15-5-8-20-12-14-22(33-20)23(30)31/h2-4,6-7,11-14,17,19,21,29H,5,8-10,15-16H2,1H3,(H,30,31)/t17-,19?,21-/m1/s1. The molecule has 3 rings (SSSR count). The maximum absolute atomic E-state index is 14.1. The highest BCUT2D eigenvalue weighted by atomic mass is 32.1. The van der Waals surface area contributed by atoms with Gasteiger partial charge in [0.15, 0.2) is 0 Å². The van der Waals surface area contributed by atoms with Crippen LogP contribution in [0.2, 0.25) is 0 Å². The number of likely N-dealkylation sites (tertiary alicyclic amines) is 1. The fraction of sp³-hybridized carbons (Fsp3) is 0.440. The number of hydrogen-bond acceptors (Lipinski definition) is 4. The van der Waals surface area contributed by atoms with Crippen LogP contribution >= 0.6 is 11.3 Å². The molecule has 0 radical (unpaired) electrons. The largest absolute Gasteiger partial charge is 0.477 e. The van der Waals surface area contributed by atoms with Gasteiger partial charge >= 0.3 is 11.9 Å². The molecule has 0 spiro atoms. The van der Waals surface area contributed by atoms with Crippen LogP contribution in [0.3, 0.4) is 0 Å². The van der Waals surface area contributed by atoms with E-state index in [1.165, 1.54) is 28.7 Å². The summed E-state index contributed by atoms with van der Waals surface area (Å²) in [7, 11) is 0. The summed E-state index contributed by atoms with van der Waals surface area (Å²) in [5.41, 5.74) is 1.17. The average Bonchev–Trinajstić information content (AvgIpc) is 3.35. The first-order valence-electron chi connectivity index (χ1n) is 11.1. The summed E-state index contributed by atoms with van der Waals surface area (Å²) >= 11 is 1.15. The van der Waals surface area contributed by atoms with E-state index in [2.05, 4.69) is 0 Å². The second-order valence-electron chi connectivity index (χ2n) is 8.53. The van der Waals surface area contributed by atoms with E-state index in [1.54, 1.807) is 6.07 Å². The molecule has 1 saturated heterocycles. The number of benzene rings is 1. The van der Waals surface area contributed by atoms with Gasteiger partial charge < -0.3 is 15.1 Å². The van der Waals surface area contributed by atoms with Gasteiger partial charge in [-0.05, 0) is 49.3 Å². The Morgan fingerprint density at radius 2 is 1.97 bits per heavy atom. The van der Waals surface area contributed by atoms with Crippen LogP contribution < -0.4 is 0 Å². The van der Waals surface area contributed by atoms with Gasteiger partial charge in [0, 0.05) is 17.8 Å². The number of carbonyl (C=O) groups excluding carboxylic acids is 1. The van der Waals surface area contributed by atoms with Crippen LogP contribution in [0, 0.1) is 5.92 Å². The van der Waals surface area contributed by atoms with Crippen molar-refractivity contribution in [2.24, 2.45) is 5.92 Å². The zero-order valence-corrected chi connectivity index (χ0v) is 19.3. The smallest absolute Gasteiger partial charge is 0.345 e. The molecular formula is C25H29F2NO4S. The molecule has 1 aromatic heterocycles. The predicted octanol–water partition coefficient (Wildman–Crippen LogP) is 4.80. The molecule has 1 aromatic carbocycles. The van der Waals surface area contributed by atoms with Gasteiger partial charge in [-0.2, -0.15) is 8.78 Å². The van der Waals surface area contributed by atoms with Crippen molar-refractivity contribution in [3.8, 4) is 0 Å². The minimum absolute atomic E-state index is 0.0604. The number of aromatic carboxylic acids is 1. The molecule has 1 fully saturated rings. The second-order valence-corrected chi connectivity index (χ2v) is 9.69. The van der Waals surface area contributed by atoms with Crippen LogP contribution in [0.4, 0.5) is 8.78 Å². The van der Waals surface area contributed by atoms with Crippen molar-refractivity contribution in [1.29, 1.82) is 0 Å². The summed E-state index contributed by atoms with van der Waals surface area (Å²) in [5, 5.41) is 19.5. The van der Waals surface area contributed by atoms with E-state index < -0.39 is 36.4 Å². The number of alkyl halides is 2. The van der Waals surface area contributed by atoms with Crippen LogP contribution in [-0.2, 0) is 17.6 Å². The van der Waals surface area contributed by atoms with Gasteiger partial charge in [-0.1, -0.05) is 49.4 Å². The Hall–Kier alpha value is -2.58. The van der Waals surface area contributed by atoms with Crippen molar-refractivity contribution in [2.75, 3.05) is 6.54 Å². The number of aryl methyl sites for hydroxylation is 2. The third-order valence-electron chi connectivity index (χ3n) is 5.98. The van der Waals surface area contributed by atoms with E-state index >= 15 is 0 Å². The lowest BCUT2D eigenvalue weighted by molar-refractivity contribution is -0.148. The van der Waals surface area contributed by atoms with E-state index in [0.29, 0.717) is 12.8 Å². The number of halogens is 2. The monoisotopic (exact) mass is 477 g/mol. The Bertz CT molecular complexity index is 976. The van der Waals surface area contributed by atoms with Crippen molar-refractivity contribution < 1.29 is 28.6 Å². The lowest BCUT2D eigenvalue weighted by Gasteiger charge is -2.22. The van der Waals surface area contributed by atoms with Gasteiger partial charge in [0.05, 0.1) is 12.1 Å². The Balaban J connectivity index is 1.55. The van der Waals surface area contributed by atoms with Crippen molar-refractivity contribution >= 4 is 23.2 Å². The number of amides is 1. The van der Waals surface area contributed by atoms with Gasteiger partial charge in [0.1, 0.15) is 4.88 Å². The minimum atomic E-state index is -3.42. The summed E-state index contributed by atoms with van der Waals surface area (Å²) in [6, 6.07) is 12.4. The van der Waals surface area contributed by atoms with Crippen molar-refractivity contribution in [2.45, 2.75) is 57.1 Å². The zero-order valence-electron chi connectivity index (χ0n) is 18.5. The summed E-state index contributed by atoms with van der Waals surface area (Å²) in [6.07, 6.45) is 4.17. The molecule has 2 heterocycles. The topological polar surface area (TPSA) is 77.8 Å². The number of aliphatic hydroxyl groups is 1. The van der Waals surface area contributed by atoms with Gasteiger partial charge in [0.25, 0.3) is 5.91 Å². The van der Waals surface area contributed by atoms with Crippen molar-refractivity contribution in [1.82, 2.24) is 4.90 Å². The second kappa shape index (κ2) is 11.0. The van der Waals surface area contributed by atoms with Crippen LogP contribution in [0.25, 0.3) is 0 Å². The number of nitrogens with zero attached hydrogens (tertiary/aromatic N) is 1. The Morgan fingerprint density at radius 3 is 2.64 bits per heavy atom. The number of aliphatic hydroxyl groups excluding tert-OH is 1. The number of rotatable bonds is 11. The highest BCUT2D eigenvalue weighted by Gasteiger charge is 2.52. The van der Waals surface area contributed by atoms with Crippen LogP contribution in [0.5, 0.6) is 0 Å². The quantitative estimate of drug-likeness (QED) is 0.456. The maximum Gasteiger partial charge on any atom is 0.345 e. The molecule has 2 N–H and O–H groups in total. The highest BCUT2D eigenvalue weighted by Crippen LogP contribution is 2.34. The molecule has 0 saturated carbocycles. The van der Waals surface area contributed by atoms with Gasteiger partial charge in [-0.3, -0.25) is 4.79 Å². The van der Waals surface area contributed by atoms with Crippen molar-refractivity contribution in [3.05, 3.63) is 69.9 Å². The third-order valence-corrected chi connectivity index (χ3v) is 7.11. The lowest BCUT2D eigenvalue weighted by atomic mass is 9.95. The third kappa shape index (κ3) is 6.71. The SMILES string of the molecule is C[C@H](CCc1ccccc1)[C@H](O)C=CC1CC(F)(F)C(=O)N1CCCc1ccc(C(=O)O)s1. The number of hydrogen-bond donors (Lipinski definition) is 2. The first-order valence-corrected chi connectivity index (χ1v) is 11.9. The molecule has 0 bridgehead atoms. The number of thiophene rings is 1. The van der Waals surface area contributed by atoms with Crippen molar-refractivity contribution in [3.63, 3.8) is 0 Å². The molecular weight excluding hydrogens is 448 g/mol. The molecule has 3 atom stereocenters. The first kappa shape index (κ1) is 25.1. The minimum Gasteiger partial charge on any atom is -0.477 e. The fourth-order valence-corrected chi connectivity index (χ4v) is 4.84. The number of carboxylic acid groups (broad SMARTS) is 1. The molecule has 1 aliphatic heterocycles. The Morgan fingerprint density at radius 1 is 1.24 bits per heavy atom. The maximum atomic E-state index is 14.1. The van der Waals surface area contributed by atoms with Crippen LogP contribution in [0.1, 0.15) is 46.3 Å². The summed E-state index contributed by atoms with van der Waals surface area (Å²) in [6.45, 7) is 2.06. The first-order chi connectivity index (χ1) is 15.7. The summed E-state index contributed by atoms with van der Waals surface area (Å²) < 4.78 is 28.2. The van der Waals surface area contributed by atoms with E-state index in [9.17, 15) is 23.5 Å². The lowest BCUT2D eigenvalue weighted by Crippen LogP contribution is -2.36. The molecule has 8 heteroatoms. The molecule has 1 amide bonds. The summed E-state index contributed by atoms with van der Waals surface area (Å²) in [4.78, 5) is 25.4. The molecule has 33 heavy (non-hydrogen) atoms. The van der Waals surface area contributed by atoms with Gasteiger partial charge in [-0.15, -0.1) is 11.3 Å². The Labute approximate surface area is 196 Å². The number of carbonyl (C=O) groups is 2. The Kier molecular flexibility index (Phi) is 8.37. The van der Waals surface area contributed by atoms with Crippen LogP contribution in [0.15, 0.2) is 54.6 Å². The summed E-state index contributed by atoms with van der Waals surface area (Å²) in [5.74, 6) is -5.67. The normalized spacial score (nSPS) is 19.8. The zero-order chi connectivity index (χ0) is 24.0. The van der Waals surface area contributed by atoms with E-state index in [4.69, 9.17) is 5.11 Å². The van der Waals surface area contributed by atoms with Gasteiger partial charge in [-0.25, -0.2) is 4.79 Å². The molecule has 1 aliphatic rings. The highest BCUT2D eigenvalue weighted by molar-refractivity contribution is 7.13.